The highest BCUT2D eigenvalue weighted by Gasteiger charge is 2.07. The van der Waals surface area contributed by atoms with Gasteiger partial charge in [0.2, 0.25) is 0 Å². The summed E-state index contributed by atoms with van der Waals surface area (Å²) in [5, 5.41) is 4.21. The van der Waals surface area contributed by atoms with Gasteiger partial charge in [0, 0.05) is 24.7 Å². The van der Waals surface area contributed by atoms with Gasteiger partial charge in [-0.05, 0) is 48.5 Å². The third-order valence-electron chi connectivity index (χ3n) is 4.36. The molecule has 7 heteroatoms. The average molecular weight is 450 g/mol. The first-order valence-electron chi connectivity index (χ1n) is 9.13. The molecule has 0 aliphatic rings. The summed E-state index contributed by atoms with van der Waals surface area (Å²) in [5.74, 6) is 1.50. The van der Waals surface area contributed by atoms with Crippen LogP contribution in [0, 0.1) is 0 Å². The molecule has 0 bridgehead atoms. The van der Waals surface area contributed by atoms with E-state index in [2.05, 4.69) is 30.1 Å². The zero-order chi connectivity index (χ0) is 18.8. The van der Waals surface area contributed by atoms with Gasteiger partial charge in [-0.1, -0.05) is 43.6 Å². The highest BCUT2D eigenvalue weighted by atomic mass is 35.5. The number of likely N-dealkylation sites (N-methyl/N-ethyl adjacent to an activating group) is 1. The van der Waals surface area contributed by atoms with E-state index >= 15 is 0 Å². The Morgan fingerprint density at radius 3 is 2.18 bits per heavy atom. The van der Waals surface area contributed by atoms with Crippen molar-refractivity contribution in [3.05, 3.63) is 58.6 Å². The first-order chi connectivity index (χ1) is 12.7. The number of nitrogens with zero attached hydrogens (tertiary/aromatic N) is 1. The fraction of sp³-hybridized carbons (Fsp3) is 0.429. The van der Waals surface area contributed by atoms with E-state index in [0.717, 1.165) is 54.8 Å². The fourth-order valence-electron chi connectivity index (χ4n) is 2.69. The zero-order valence-electron chi connectivity index (χ0n) is 16.7. The highest BCUT2D eigenvalue weighted by molar-refractivity contribution is 6.30. The summed E-state index contributed by atoms with van der Waals surface area (Å²) in [7, 11) is 1.67. The normalized spacial score (nSPS) is 10.2. The van der Waals surface area contributed by atoms with E-state index in [1.165, 1.54) is 5.56 Å². The number of nitrogens with one attached hydrogen (secondary N) is 1. The van der Waals surface area contributed by atoms with E-state index in [9.17, 15) is 0 Å². The topological polar surface area (TPSA) is 33.7 Å². The van der Waals surface area contributed by atoms with Crippen LogP contribution < -0.4 is 14.8 Å². The van der Waals surface area contributed by atoms with Gasteiger partial charge in [-0.15, -0.1) is 24.8 Å². The number of halogens is 3. The molecule has 158 valence electrons. The first-order valence-corrected chi connectivity index (χ1v) is 9.51. The van der Waals surface area contributed by atoms with Crippen LogP contribution in [0.15, 0.2) is 42.5 Å². The molecule has 0 saturated heterocycles. The first kappa shape index (κ1) is 26.8. The molecule has 0 heterocycles. The van der Waals surface area contributed by atoms with Crippen molar-refractivity contribution in [3.8, 4) is 11.5 Å². The monoisotopic (exact) mass is 448 g/mol. The van der Waals surface area contributed by atoms with Crippen LogP contribution in [0.4, 0.5) is 0 Å². The second kappa shape index (κ2) is 14.8. The van der Waals surface area contributed by atoms with Crippen molar-refractivity contribution in [2.45, 2.75) is 27.0 Å². The van der Waals surface area contributed by atoms with Crippen molar-refractivity contribution in [3.63, 3.8) is 0 Å². The summed E-state index contributed by atoms with van der Waals surface area (Å²) < 4.78 is 11.4. The van der Waals surface area contributed by atoms with Crippen LogP contribution in [0.1, 0.15) is 25.0 Å². The molecular weight excluding hydrogens is 419 g/mol. The van der Waals surface area contributed by atoms with Crippen LogP contribution in [0.25, 0.3) is 0 Å². The molecule has 0 spiro atoms. The molecule has 0 fully saturated rings. The number of ether oxygens (including phenoxy) is 2. The maximum atomic E-state index is 5.91. The molecule has 2 rings (SSSR count). The minimum atomic E-state index is 0. The molecule has 2 aromatic carbocycles. The number of methoxy groups -OCH3 is 1. The Morgan fingerprint density at radius 2 is 1.57 bits per heavy atom. The summed E-state index contributed by atoms with van der Waals surface area (Å²) >= 11 is 5.91. The molecule has 1 N–H and O–H groups in total. The van der Waals surface area contributed by atoms with Gasteiger partial charge < -0.3 is 19.7 Å². The van der Waals surface area contributed by atoms with Gasteiger partial charge >= 0.3 is 0 Å². The standard InChI is InChI=1S/C21H29ClN2O2.2ClH/c1-4-24(5-2)13-12-23-15-18-8-11-20(21(14-18)25-3)26-16-17-6-9-19(22)10-7-17;;/h6-11,14,23H,4-5,12-13,15-16H2,1-3H3;2*1H. The van der Waals surface area contributed by atoms with Crippen molar-refractivity contribution in [1.82, 2.24) is 10.2 Å². The molecule has 0 atom stereocenters. The number of benzene rings is 2. The predicted molar refractivity (Wildman–Crippen MR) is 123 cm³/mol. The van der Waals surface area contributed by atoms with Gasteiger partial charge in [0.25, 0.3) is 0 Å². The van der Waals surface area contributed by atoms with Crippen LogP contribution in [0.2, 0.25) is 5.02 Å². The summed E-state index contributed by atoms with van der Waals surface area (Å²) in [5.41, 5.74) is 2.25. The van der Waals surface area contributed by atoms with Crippen LogP contribution in [0.3, 0.4) is 0 Å². The molecule has 0 saturated carbocycles. The van der Waals surface area contributed by atoms with Crippen molar-refractivity contribution in [1.29, 1.82) is 0 Å². The average Bonchev–Trinajstić information content (AvgIpc) is 2.68. The van der Waals surface area contributed by atoms with Gasteiger partial charge in [0.05, 0.1) is 7.11 Å². The van der Waals surface area contributed by atoms with E-state index in [1.54, 1.807) is 7.11 Å². The summed E-state index contributed by atoms with van der Waals surface area (Å²) in [4.78, 5) is 2.40. The summed E-state index contributed by atoms with van der Waals surface area (Å²) in [6, 6.07) is 13.7. The SMILES string of the molecule is CCN(CC)CCNCc1ccc(OCc2ccc(Cl)cc2)c(OC)c1.Cl.Cl. The Labute approximate surface area is 186 Å². The summed E-state index contributed by atoms with van der Waals surface area (Å²) in [6.07, 6.45) is 0. The molecule has 2 aromatic rings. The van der Waals surface area contributed by atoms with Crippen molar-refractivity contribution >= 4 is 36.4 Å². The molecule has 0 amide bonds. The smallest absolute Gasteiger partial charge is 0.161 e. The lowest BCUT2D eigenvalue weighted by Gasteiger charge is -2.18. The third kappa shape index (κ3) is 8.89. The van der Waals surface area contributed by atoms with Crippen LogP contribution in [0.5, 0.6) is 11.5 Å². The van der Waals surface area contributed by atoms with Crippen LogP contribution >= 0.6 is 36.4 Å². The number of hydrogen-bond donors (Lipinski definition) is 1. The van der Waals surface area contributed by atoms with Crippen molar-refractivity contribution in [2.24, 2.45) is 0 Å². The number of hydrogen-bond acceptors (Lipinski definition) is 4. The van der Waals surface area contributed by atoms with Crippen LogP contribution in [-0.4, -0.2) is 38.2 Å². The van der Waals surface area contributed by atoms with E-state index in [-0.39, 0.29) is 24.8 Å². The quantitative estimate of drug-likeness (QED) is 0.478. The molecular formula is C21H31Cl3N2O2. The van der Waals surface area contributed by atoms with Crippen molar-refractivity contribution < 1.29 is 9.47 Å². The Bertz CT molecular complexity index is 665. The lowest BCUT2D eigenvalue weighted by Crippen LogP contribution is -2.31. The van der Waals surface area contributed by atoms with Gasteiger partial charge in [0.15, 0.2) is 11.5 Å². The maximum Gasteiger partial charge on any atom is 0.161 e. The second-order valence-electron chi connectivity index (χ2n) is 6.10. The van der Waals surface area contributed by atoms with Crippen LogP contribution in [-0.2, 0) is 13.2 Å². The van der Waals surface area contributed by atoms with E-state index in [0.29, 0.717) is 6.61 Å². The zero-order valence-corrected chi connectivity index (χ0v) is 19.1. The molecule has 0 unspecified atom stereocenters. The fourth-order valence-corrected chi connectivity index (χ4v) is 2.82. The molecule has 0 aliphatic carbocycles. The Morgan fingerprint density at radius 1 is 0.929 bits per heavy atom. The van der Waals surface area contributed by atoms with Gasteiger partial charge in [-0.2, -0.15) is 0 Å². The summed E-state index contributed by atoms with van der Waals surface area (Å²) in [6.45, 7) is 9.89. The molecule has 4 nitrogen and oxygen atoms in total. The molecule has 0 aromatic heterocycles. The molecule has 0 aliphatic heterocycles. The Kier molecular flexibility index (Phi) is 14.2. The minimum absolute atomic E-state index is 0. The molecule has 28 heavy (non-hydrogen) atoms. The van der Waals surface area contributed by atoms with E-state index < -0.39 is 0 Å². The largest absolute Gasteiger partial charge is 0.493 e. The Hall–Kier alpha value is -1.17. The third-order valence-corrected chi connectivity index (χ3v) is 4.62. The van der Waals surface area contributed by atoms with Crippen molar-refractivity contribution in [2.75, 3.05) is 33.3 Å². The van der Waals surface area contributed by atoms with E-state index in [4.69, 9.17) is 21.1 Å². The lowest BCUT2D eigenvalue weighted by molar-refractivity contribution is 0.284. The van der Waals surface area contributed by atoms with Gasteiger partial charge in [-0.3, -0.25) is 0 Å². The maximum absolute atomic E-state index is 5.91. The highest BCUT2D eigenvalue weighted by Crippen LogP contribution is 2.29. The molecule has 0 radical (unpaired) electrons. The number of rotatable bonds is 11. The van der Waals surface area contributed by atoms with Gasteiger partial charge in [0.1, 0.15) is 6.61 Å². The Balaban J connectivity index is 0.00000364. The second-order valence-corrected chi connectivity index (χ2v) is 6.54. The van der Waals surface area contributed by atoms with Gasteiger partial charge in [-0.25, -0.2) is 0 Å². The van der Waals surface area contributed by atoms with E-state index in [1.807, 2.05) is 36.4 Å². The lowest BCUT2D eigenvalue weighted by atomic mass is 10.2. The minimum Gasteiger partial charge on any atom is -0.493 e. The predicted octanol–water partition coefficient (Wildman–Crippen LogP) is 5.20.